The zero-order valence-electron chi connectivity index (χ0n) is 16.1. The van der Waals surface area contributed by atoms with Crippen LogP contribution in [0.1, 0.15) is 18.7 Å². The second-order valence-corrected chi connectivity index (χ2v) is 8.75. The molecule has 4 rings (SSSR count). The molecule has 0 amide bonds. The van der Waals surface area contributed by atoms with Gasteiger partial charge < -0.3 is 9.13 Å². The highest BCUT2D eigenvalue weighted by Crippen LogP contribution is 2.30. The standard InChI is InChI=1S/C19H21N5O4S/c1-22-12-16(18(25)23(2)19(22)26)29(27,28)21-14-8-4-3-7-13(14)15-11-24-10-6-5-9-17(24)20-15/h3-4,7-8,11-12,21H,5-6,9-10H2,1-2H3. The van der Waals surface area contributed by atoms with Gasteiger partial charge in [0, 0.05) is 45.0 Å². The van der Waals surface area contributed by atoms with Crippen LogP contribution in [0.3, 0.4) is 0 Å². The Balaban J connectivity index is 1.77. The van der Waals surface area contributed by atoms with Crippen molar-refractivity contribution in [1.29, 1.82) is 0 Å². The van der Waals surface area contributed by atoms with E-state index in [1.165, 1.54) is 14.1 Å². The van der Waals surface area contributed by atoms with Crippen molar-refractivity contribution in [2.45, 2.75) is 30.7 Å². The fourth-order valence-corrected chi connectivity index (χ4v) is 4.74. The van der Waals surface area contributed by atoms with Gasteiger partial charge in [-0.15, -0.1) is 0 Å². The second-order valence-electron chi connectivity index (χ2n) is 7.09. The predicted molar refractivity (Wildman–Crippen MR) is 108 cm³/mol. The first kappa shape index (κ1) is 19.2. The molecule has 0 bridgehead atoms. The van der Waals surface area contributed by atoms with Crippen LogP contribution >= 0.6 is 0 Å². The molecule has 0 fully saturated rings. The van der Waals surface area contributed by atoms with Crippen molar-refractivity contribution >= 4 is 15.7 Å². The van der Waals surface area contributed by atoms with Crippen molar-refractivity contribution in [3.05, 3.63) is 63.3 Å². The number of rotatable bonds is 4. The van der Waals surface area contributed by atoms with Crippen molar-refractivity contribution in [2.24, 2.45) is 14.1 Å². The van der Waals surface area contributed by atoms with Crippen LogP contribution in [0.2, 0.25) is 0 Å². The molecule has 152 valence electrons. The molecule has 1 N–H and O–H groups in total. The number of aryl methyl sites for hydroxylation is 3. The fourth-order valence-electron chi connectivity index (χ4n) is 3.50. The smallest absolute Gasteiger partial charge is 0.330 e. The maximum absolute atomic E-state index is 13.0. The molecule has 1 aliphatic heterocycles. The Morgan fingerprint density at radius 2 is 1.83 bits per heavy atom. The number of imidazole rings is 1. The van der Waals surface area contributed by atoms with E-state index in [2.05, 4.69) is 14.3 Å². The molecule has 0 spiro atoms. The SMILES string of the molecule is Cn1cc(S(=O)(=O)Nc2ccccc2-c2cn3c(n2)CCCC3)c(=O)n(C)c1=O. The van der Waals surface area contributed by atoms with E-state index in [4.69, 9.17) is 0 Å². The number of anilines is 1. The van der Waals surface area contributed by atoms with Crippen LogP contribution in [-0.4, -0.2) is 27.1 Å². The highest BCUT2D eigenvalue weighted by Gasteiger charge is 2.23. The van der Waals surface area contributed by atoms with E-state index >= 15 is 0 Å². The molecule has 0 unspecified atom stereocenters. The Kier molecular flexibility index (Phi) is 4.65. The van der Waals surface area contributed by atoms with E-state index in [9.17, 15) is 18.0 Å². The molecular weight excluding hydrogens is 394 g/mol. The Hall–Kier alpha value is -3.14. The molecule has 2 aromatic heterocycles. The summed E-state index contributed by atoms with van der Waals surface area (Å²) in [5, 5.41) is 0. The zero-order chi connectivity index (χ0) is 20.8. The third-order valence-corrected chi connectivity index (χ3v) is 6.41. The summed E-state index contributed by atoms with van der Waals surface area (Å²) in [4.78, 5) is 28.4. The van der Waals surface area contributed by atoms with Gasteiger partial charge >= 0.3 is 5.69 Å². The average molecular weight is 415 g/mol. The minimum Gasteiger partial charge on any atom is -0.334 e. The normalized spacial score (nSPS) is 13.9. The third-order valence-electron chi connectivity index (χ3n) is 5.06. The fraction of sp³-hybridized carbons (Fsp3) is 0.316. The summed E-state index contributed by atoms with van der Waals surface area (Å²) in [7, 11) is -1.58. The van der Waals surface area contributed by atoms with E-state index in [1.54, 1.807) is 24.3 Å². The zero-order valence-corrected chi connectivity index (χ0v) is 16.9. The lowest BCUT2D eigenvalue weighted by Crippen LogP contribution is -2.40. The second kappa shape index (κ2) is 7.03. The number of hydrogen-bond acceptors (Lipinski definition) is 5. The molecule has 1 aromatic carbocycles. The average Bonchev–Trinajstić information content (AvgIpc) is 3.13. The molecule has 29 heavy (non-hydrogen) atoms. The quantitative estimate of drug-likeness (QED) is 0.686. The number of fused-ring (bicyclic) bond motifs is 1. The number of hydrogen-bond donors (Lipinski definition) is 1. The van der Waals surface area contributed by atoms with Crippen molar-refractivity contribution in [3.63, 3.8) is 0 Å². The summed E-state index contributed by atoms with van der Waals surface area (Å²) in [5.74, 6) is 0.982. The van der Waals surface area contributed by atoms with Crippen LogP contribution in [0.15, 0.2) is 51.1 Å². The maximum atomic E-state index is 13.0. The van der Waals surface area contributed by atoms with Crippen LogP contribution in [-0.2, 0) is 37.1 Å². The Morgan fingerprint density at radius 3 is 2.59 bits per heavy atom. The number of para-hydroxylation sites is 1. The van der Waals surface area contributed by atoms with E-state index < -0.39 is 26.2 Å². The monoisotopic (exact) mass is 415 g/mol. The lowest BCUT2D eigenvalue weighted by molar-refractivity contribution is 0.522. The number of benzene rings is 1. The van der Waals surface area contributed by atoms with Crippen LogP contribution in [0.25, 0.3) is 11.3 Å². The third kappa shape index (κ3) is 3.39. The van der Waals surface area contributed by atoms with E-state index in [0.29, 0.717) is 16.9 Å². The first-order valence-electron chi connectivity index (χ1n) is 9.23. The van der Waals surface area contributed by atoms with Gasteiger partial charge in [0.2, 0.25) is 0 Å². The summed E-state index contributed by atoms with van der Waals surface area (Å²) in [5.41, 5.74) is 0.139. The molecular formula is C19H21N5O4S. The summed E-state index contributed by atoms with van der Waals surface area (Å²) >= 11 is 0. The molecule has 10 heteroatoms. The molecule has 0 aliphatic carbocycles. The van der Waals surface area contributed by atoms with Gasteiger partial charge in [-0.1, -0.05) is 18.2 Å². The minimum absolute atomic E-state index is 0.318. The maximum Gasteiger partial charge on any atom is 0.330 e. The van der Waals surface area contributed by atoms with E-state index in [0.717, 1.165) is 47.0 Å². The molecule has 3 aromatic rings. The first-order chi connectivity index (χ1) is 13.8. The van der Waals surface area contributed by atoms with Crippen molar-refractivity contribution in [2.75, 3.05) is 4.72 Å². The van der Waals surface area contributed by atoms with Gasteiger partial charge in [0.25, 0.3) is 15.6 Å². The topological polar surface area (TPSA) is 108 Å². The van der Waals surface area contributed by atoms with Crippen LogP contribution < -0.4 is 16.0 Å². The number of nitrogens with zero attached hydrogens (tertiary/aromatic N) is 4. The van der Waals surface area contributed by atoms with Crippen molar-refractivity contribution in [3.8, 4) is 11.3 Å². The van der Waals surface area contributed by atoms with Gasteiger partial charge in [-0.2, -0.15) is 0 Å². The summed E-state index contributed by atoms with van der Waals surface area (Å²) in [6.45, 7) is 0.893. The van der Waals surface area contributed by atoms with Gasteiger partial charge in [-0.05, 0) is 18.9 Å². The lowest BCUT2D eigenvalue weighted by Gasteiger charge is -2.12. The summed E-state index contributed by atoms with van der Waals surface area (Å²) in [6, 6.07) is 6.91. The summed E-state index contributed by atoms with van der Waals surface area (Å²) in [6.07, 6.45) is 6.02. The van der Waals surface area contributed by atoms with Crippen LogP contribution in [0.5, 0.6) is 0 Å². The molecule has 0 saturated carbocycles. The molecule has 9 nitrogen and oxygen atoms in total. The molecule has 0 saturated heterocycles. The molecule has 0 radical (unpaired) electrons. The van der Waals surface area contributed by atoms with Gasteiger partial charge in [-0.25, -0.2) is 18.2 Å². The largest absolute Gasteiger partial charge is 0.334 e. The molecule has 1 aliphatic rings. The Bertz CT molecular complexity index is 1290. The number of nitrogens with one attached hydrogen (secondary N) is 1. The highest BCUT2D eigenvalue weighted by atomic mass is 32.2. The van der Waals surface area contributed by atoms with Gasteiger partial charge in [0.05, 0.1) is 11.4 Å². The van der Waals surface area contributed by atoms with Gasteiger partial charge in [0.1, 0.15) is 5.82 Å². The molecule has 3 heterocycles. The van der Waals surface area contributed by atoms with E-state index in [-0.39, 0.29) is 0 Å². The van der Waals surface area contributed by atoms with Gasteiger partial charge in [-0.3, -0.25) is 14.1 Å². The first-order valence-corrected chi connectivity index (χ1v) is 10.7. The Labute approximate surface area is 167 Å². The van der Waals surface area contributed by atoms with Crippen molar-refractivity contribution < 1.29 is 8.42 Å². The van der Waals surface area contributed by atoms with Gasteiger partial charge in [0.15, 0.2) is 4.90 Å². The Morgan fingerprint density at radius 1 is 1.07 bits per heavy atom. The van der Waals surface area contributed by atoms with Crippen LogP contribution in [0, 0.1) is 0 Å². The molecule has 0 atom stereocenters. The van der Waals surface area contributed by atoms with Crippen molar-refractivity contribution in [1.82, 2.24) is 18.7 Å². The summed E-state index contributed by atoms with van der Waals surface area (Å²) < 4.78 is 32.3. The number of sulfonamides is 1. The van der Waals surface area contributed by atoms with Crippen LogP contribution in [0.4, 0.5) is 5.69 Å². The number of aromatic nitrogens is 4. The highest BCUT2D eigenvalue weighted by molar-refractivity contribution is 7.92. The lowest BCUT2D eigenvalue weighted by atomic mass is 10.1. The van der Waals surface area contributed by atoms with E-state index in [1.807, 2.05) is 6.20 Å². The predicted octanol–water partition coefficient (Wildman–Crippen LogP) is 1.08. The minimum atomic E-state index is -4.22.